The Morgan fingerprint density at radius 1 is 0.844 bits per heavy atom. The number of hydrogen-bond donors (Lipinski definition) is 4. The second-order valence-electron chi connectivity index (χ2n) is 7.99. The van der Waals surface area contributed by atoms with Crippen LogP contribution >= 0.6 is 11.6 Å². The maximum absolute atomic E-state index is 12.8. The fraction of sp³-hybridized carbons (Fsp3) is 0.167. The van der Waals surface area contributed by atoms with Crippen LogP contribution in [-0.2, 0) is 6.54 Å². The van der Waals surface area contributed by atoms with Gasteiger partial charge in [0.05, 0.1) is 17.0 Å². The number of aromatic nitrogens is 5. The van der Waals surface area contributed by atoms with Gasteiger partial charge in [-0.2, -0.15) is 0 Å². The van der Waals surface area contributed by atoms with E-state index in [1.807, 2.05) is 68.6 Å². The van der Waals surface area contributed by atoms with Crippen molar-refractivity contribution in [3.63, 3.8) is 0 Å². The van der Waals surface area contributed by atoms with E-state index in [9.17, 15) is 9.59 Å². The Kier molecular flexibility index (Phi) is 4.90. The van der Waals surface area contributed by atoms with E-state index in [4.69, 9.17) is 11.6 Å². The van der Waals surface area contributed by atoms with Crippen LogP contribution in [0.15, 0.2) is 64.3 Å². The molecule has 0 spiro atoms. The molecule has 4 N–H and O–H groups in total. The lowest BCUT2D eigenvalue weighted by atomic mass is 9.85. The number of fused-ring (bicyclic) bond motifs is 1. The van der Waals surface area contributed by atoms with Crippen LogP contribution in [0.3, 0.4) is 0 Å². The van der Waals surface area contributed by atoms with Crippen LogP contribution in [0.2, 0.25) is 5.02 Å². The molecule has 0 bridgehead atoms. The summed E-state index contributed by atoms with van der Waals surface area (Å²) >= 11 is 6.43. The zero-order valence-electron chi connectivity index (χ0n) is 17.6. The topological polar surface area (TPSA) is 102 Å². The monoisotopic (exact) mass is 447 g/mol. The van der Waals surface area contributed by atoms with Gasteiger partial charge in [0.25, 0.3) is 11.1 Å². The Morgan fingerprint density at radius 2 is 1.44 bits per heavy atom. The molecule has 0 amide bonds. The van der Waals surface area contributed by atoms with Gasteiger partial charge in [0, 0.05) is 40.1 Å². The number of aryl methyl sites for hydroxylation is 2. The van der Waals surface area contributed by atoms with E-state index in [-0.39, 0.29) is 11.1 Å². The summed E-state index contributed by atoms with van der Waals surface area (Å²) in [4.78, 5) is 25.6. The van der Waals surface area contributed by atoms with E-state index in [2.05, 4.69) is 25.0 Å². The van der Waals surface area contributed by atoms with Crippen molar-refractivity contribution < 1.29 is 0 Å². The molecule has 3 heterocycles. The summed E-state index contributed by atoms with van der Waals surface area (Å²) in [6.07, 6.45) is 2.02. The highest BCUT2D eigenvalue weighted by molar-refractivity contribution is 6.31. The maximum atomic E-state index is 12.8. The van der Waals surface area contributed by atoms with Crippen LogP contribution in [0.4, 0.5) is 0 Å². The molecule has 0 atom stereocenters. The average molecular weight is 448 g/mol. The molecule has 2 aromatic carbocycles. The number of rotatable bonds is 5. The molecule has 5 aromatic rings. The Balaban J connectivity index is 1.79. The van der Waals surface area contributed by atoms with Gasteiger partial charge in [0.1, 0.15) is 0 Å². The number of nitrogens with one attached hydrogen (secondary N) is 4. The maximum Gasteiger partial charge on any atom is 0.268 e. The number of nitrogens with zero attached hydrogens (tertiary/aromatic N) is 1. The molecule has 7 nitrogen and oxygen atoms in total. The number of aromatic amines is 4. The smallest absolute Gasteiger partial charge is 0.268 e. The Hall–Kier alpha value is -3.71. The number of benzene rings is 2. The summed E-state index contributed by atoms with van der Waals surface area (Å²) in [5, 5.41) is 12.8. The number of hydrogen-bond acceptors (Lipinski definition) is 2. The zero-order chi connectivity index (χ0) is 22.4. The highest BCUT2D eigenvalue weighted by Gasteiger charge is 2.30. The minimum atomic E-state index is -0.544. The van der Waals surface area contributed by atoms with Gasteiger partial charge in [-0.3, -0.25) is 19.8 Å². The van der Waals surface area contributed by atoms with Gasteiger partial charge < -0.3 is 14.8 Å². The molecule has 0 aliphatic heterocycles. The first-order valence-corrected chi connectivity index (χ1v) is 10.7. The lowest BCUT2D eigenvalue weighted by Crippen LogP contribution is -2.20. The number of para-hydroxylation sites is 1. The van der Waals surface area contributed by atoms with E-state index in [1.54, 1.807) is 0 Å². The first-order valence-electron chi connectivity index (χ1n) is 10.3. The SMILES string of the molecule is Cc1[nH][nH]c(=O)c1C(c1c(C)[nH][nH]c1=O)c1cn(Cc2ccccc2Cl)c2ccccc12. The first kappa shape index (κ1) is 20.2. The third kappa shape index (κ3) is 3.22. The molecule has 0 aliphatic rings. The van der Waals surface area contributed by atoms with Gasteiger partial charge >= 0.3 is 0 Å². The predicted molar refractivity (Wildman–Crippen MR) is 126 cm³/mol. The molecular weight excluding hydrogens is 426 g/mol. The summed E-state index contributed by atoms with van der Waals surface area (Å²) in [6.45, 7) is 4.23. The molecule has 0 aliphatic carbocycles. The van der Waals surface area contributed by atoms with Gasteiger partial charge in [-0.05, 0) is 37.1 Å². The fourth-order valence-corrected chi connectivity index (χ4v) is 4.70. The molecule has 5 rings (SSSR count). The van der Waals surface area contributed by atoms with E-state index in [0.717, 1.165) is 22.0 Å². The molecule has 0 fully saturated rings. The predicted octanol–water partition coefficient (Wildman–Crippen LogP) is 4.17. The number of halogens is 1. The molecule has 162 valence electrons. The van der Waals surface area contributed by atoms with Crippen molar-refractivity contribution in [1.29, 1.82) is 0 Å². The van der Waals surface area contributed by atoms with Gasteiger partial charge in [0.15, 0.2) is 0 Å². The highest BCUT2D eigenvalue weighted by atomic mass is 35.5. The van der Waals surface area contributed by atoms with E-state index >= 15 is 0 Å². The largest absolute Gasteiger partial charge is 0.343 e. The van der Waals surface area contributed by atoms with E-state index in [1.165, 1.54) is 0 Å². The van der Waals surface area contributed by atoms with Gasteiger partial charge in [-0.25, -0.2) is 0 Å². The van der Waals surface area contributed by atoms with Crippen LogP contribution in [0.5, 0.6) is 0 Å². The molecular formula is C24H22ClN5O2. The molecule has 0 unspecified atom stereocenters. The van der Waals surface area contributed by atoms with Crippen molar-refractivity contribution in [2.45, 2.75) is 26.3 Å². The molecule has 0 saturated heterocycles. The second kappa shape index (κ2) is 7.76. The van der Waals surface area contributed by atoms with Crippen LogP contribution in [-0.4, -0.2) is 25.0 Å². The Morgan fingerprint density at radius 3 is 2.03 bits per heavy atom. The van der Waals surface area contributed by atoms with Crippen LogP contribution in [0.25, 0.3) is 10.9 Å². The van der Waals surface area contributed by atoms with Crippen molar-refractivity contribution in [2.75, 3.05) is 0 Å². The zero-order valence-corrected chi connectivity index (χ0v) is 18.4. The molecule has 0 saturated carbocycles. The Labute approximate surface area is 188 Å². The first-order chi connectivity index (χ1) is 15.5. The third-order valence-electron chi connectivity index (χ3n) is 6.03. The summed E-state index contributed by atoms with van der Waals surface area (Å²) in [5.74, 6) is -0.544. The van der Waals surface area contributed by atoms with Crippen molar-refractivity contribution >= 4 is 22.5 Å². The summed E-state index contributed by atoms with van der Waals surface area (Å²) in [5.41, 5.74) is 4.84. The van der Waals surface area contributed by atoms with Gasteiger partial charge in [0.2, 0.25) is 0 Å². The minimum absolute atomic E-state index is 0.240. The summed E-state index contributed by atoms with van der Waals surface area (Å²) < 4.78 is 2.12. The highest BCUT2D eigenvalue weighted by Crippen LogP contribution is 2.37. The van der Waals surface area contributed by atoms with E-state index in [0.29, 0.717) is 34.1 Å². The standard InChI is InChI=1S/C24H22ClN5O2/c1-13-20(23(31)28-26-13)22(21-14(2)27-29-24(21)32)17-12-30(19-10-6-4-8-16(17)19)11-15-7-3-5-9-18(15)25/h3-10,12,22H,11H2,1-2H3,(H2,26,28,31)(H2,27,29,32). The van der Waals surface area contributed by atoms with Gasteiger partial charge in [-0.15, -0.1) is 0 Å². The lowest BCUT2D eigenvalue weighted by molar-refractivity contribution is 0.823. The molecule has 8 heteroatoms. The third-order valence-corrected chi connectivity index (χ3v) is 6.40. The quantitative estimate of drug-likeness (QED) is 0.325. The summed E-state index contributed by atoms with van der Waals surface area (Å²) in [7, 11) is 0. The molecule has 32 heavy (non-hydrogen) atoms. The molecule has 3 aromatic heterocycles. The average Bonchev–Trinajstić information content (AvgIpc) is 3.42. The lowest BCUT2D eigenvalue weighted by Gasteiger charge is -2.15. The van der Waals surface area contributed by atoms with Crippen molar-refractivity contribution in [2.24, 2.45) is 0 Å². The van der Waals surface area contributed by atoms with Crippen LogP contribution < -0.4 is 11.1 Å². The van der Waals surface area contributed by atoms with Gasteiger partial charge in [-0.1, -0.05) is 48.0 Å². The fourth-order valence-electron chi connectivity index (χ4n) is 4.51. The van der Waals surface area contributed by atoms with E-state index < -0.39 is 5.92 Å². The molecule has 0 radical (unpaired) electrons. The summed E-state index contributed by atoms with van der Waals surface area (Å²) in [6, 6.07) is 15.7. The van der Waals surface area contributed by atoms with Crippen LogP contribution in [0.1, 0.15) is 39.6 Å². The van der Waals surface area contributed by atoms with Crippen molar-refractivity contribution in [3.8, 4) is 0 Å². The number of H-pyrrole nitrogens is 4. The minimum Gasteiger partial charge on any atom is -0.343 e. The van der Waals surface area contributed by atoms with Crippen molar-refractivity contribution in [3.05, 3.63) is 114 Å². The Bertz CT molecular complexity index is 1490. The van der Waals surface area contributed by atoms with Crippen LogP contribution in [0, 0.1) is 13.8 Å². The normalized spacial score (nSPS) is 11.6. The van der Waals surface area contributed by atoms with Crippen molar-refractivity contribution in [1.82, 2.24) is 25.0 Å². The second-order valence-corrected chi connectivity index (χ2v) is 8.40.